The molecular weight excluding hydrogens is 458 g/mol. The van der Waals surface area contributed by atoms with Crippen molar-refractivity contribution < 1.29 is 17.9 Å². The van der Waals surface area contributed by atoms with E-state index in [0.717, 1.165) is 12.8 Å². The van der Waals surface area contributed by atoms with Gasteiger partial charge in [0.05, 0.1) is 35.2 Å². The highest BCUT2D eigenvalue weighted by Crippen LogP contribution is 2.22. The zero-order chi connectivity index (χ0) is 23.3. The highest BCUT2D eigenvalue weighted by molar-refractivity contribution is 7.90. The summed E-state index contributed by atoms with van der Waals surface area (Å²) in [6.45, 7) is 5.43. The lowest BCUT2D eigenvalue weighted by molar-refractivity contribution is 0.0505. The minimum absolute atomic E-state index is 0.0121. The molecule has 174 valence electrons. The molecule has 1 aliphatic heterocycles. The molecule has 1 fully saturated rings. The number of carbonyl (C=O) groups excluding carboxylic acids is 1. The van der Waals surface area contributed by atoms with Gasteiger partial charge in [-0.25, -0.2) is 13.4 Å². The lowest BCUT2D eigenvalue weighted by Gasteiger charge is -2.25. The molecule has 1 aliphatic rings. The third kappa shape index (κ3) is 5.61. The minimum Gasteiger partial charge on any atom is -0.376 e. The maximum atomic E-state index is 13.2. The molecule has 2 aromatic heterocycles. The molecule has 0 aliphatic carbocycles. The van der Waals surface area contributed by atoms with E-state index in [2.05, 4.69) is 11.6 Å². The van der Waals surface area contributed by atoms with E-state index in [1.165, 1.54) is 11.3 Å². The third-order valence-electron chi connectivity index (χ3n) is 5.51. The molecule has 0 radical (unpaired) electrons. The second-order valence-electron chi connectivity index (χ2n) is 7.97. The van der Waals surface area contributed by atoms with Crippen LogP contribution in [0.25, 0.3) is 0 Å². The van der Waals surface area contributed by atoms with Gasteiger partial charge in [-0.15, -0.1) is 17.9 Å². The second kappa shape index (κ2) is 10.5. The number of imidazole rings is 1. The quantitative estimate of drug-likeness (QED) is 0.407. The molecule has 1 saturated heterocycles. The van der Waals surface area contributed by atoms with Gasteiger partial charge in [0.2, 0.25) is 15.0 Å². The summed E-state index contributed by atoms with van der Waals surface area (Å²) in [4.78, 5) is 19.9. The van der Waals surface area contributed by atoms with E-state index in [9.17, 15) is 13.2 Å². The number of benzene rings is 1. The van der Waals surface area contributed by atoms with Crippen molar-refractivity contribution in [3.63, 3.8) is 0 Å². The Hall–Kier alpha value is -2.75. The molecule has 0 saturated carbocycles. The number of amides is 1. The Bertz CT molecular complexity index is 1180. The minimum atomic E-state index is -3.69. The first kappa shape index (κ1) is 23.4. The fourth-order valence-corrected chi connectivity index (χ4v) is 6.15. The smallest absolute Gasteiger partial charge is 0.264 e. The number of sulfone groups is 1. The summed E-state index contributed by atoms with van der Waals surface area (Å²) in [5, 5.41) is 1.86. The first-order valence-electron chi connectivity index (χ1n) is 10.8. The van der Waals surface area contributed by atoms with E-state index < -0.39 is 9.84 Å². The van der Waals surface area contributed by atoms with Gasteiger partial charge in [-0.2, -0.15) is 0 Å². The molecule has 1 atom stereocenters. The number of hydrogen-bond acceptors (Lipinski definition) is 6. The normalized spacial score (nSPS) is 16.1. The molecule has 3 aromatic rings. The van der Waals surface area contributed by atoms with Gasteiger partial charge in [0.1, 0.15) is 0 Å². The van der Waals surface area contributed by atoms with E-state index in [-0.39, 0.29) is 36.0 Å². The van der Waals surface area contributed by atoms with Crippen molar-refractivity contribution in [3.8, 4) is 0 Å². The van der Waals surface area contributed by atoms with Gasteiger partial charge in [-0.05, 0) is 29.9 Å². The van der Waals surface area contributed by atoms with Crippen LogP contribution in [0.15, 0.2) is 71.9 Å². The van der Waals surface area contributed by atoms with Crippen LogP contribution in [0, 0.1) is 0 Å². The Morgan fingerprint density at radius 2 is 2.09 bits per heavy atom. The summed E-state index contributed by atoms with van der Waals surface area (Å²) < 4.78 is 33.8. The van der Waals surface area contributed by atoms with Gasteiger partial charge in [-0.3, -0.25) is 4.79 Å². The second-order valence-corrected chi connectivity index (χ2v) is 10.8. The van der Waals surface area contributed by atoms with Crippen LogP contribution in [-0.4, -0.2) is 48.0 Å². The van der Waals surface area contributed by atoms with Crippen molar-refractivity contribution in [1.29, 1.82) is 0 Å². The SMILES string of the molecule is C=CCn1c(CN(CC2CCCO2)C(=O)c2cccs2)cnc1S(=O)(=O)Cc1ccccc1. The average Bonchev–Trinajstić information content (AvgIpc) is 3.57. The van der Waals surface area contributed by atoms with E-state index in [0.29, 0.717) is 29.3 Å². The molecule has 4 rings (SSSR count). The van der Waals surface area contributed by atoms with Crippen molar-refractivity contribution in [2.45, 2.75) is 42.9 Å². The van der Waals surface area contributed by atoms with E-state index in [1.54, 1.807) is 39.9 Å². The number of aromatic nitrogens is 2. The molecule has 7 nitrogen and oxygen atoms in total. The molecule has 33 heavy (non-hydrogen) atoms. The molecule has 1 unspecified atom stereocenters. The average molecular weight is 486 g/mol. The molecule has 1 aromatic carbocycles. The maximum absolute atomic E-state index is 13.2. The molecule has 9 heteroatoms. The van der Waals surface area contributed by atoms with Gasteiger partial charge in [0, 0.05) is 19.7 Å². The zero-order valence-electron chi connectivity index (χ0n) is 18.3. The van der Waals surface area contributed by atoms with Crippen LogP contribution < -0.4 is 0 Å². The standard InChI is InChI=1S/C24H27N3O4S2/c1-2-12-27-20(15-25-24(27)33(29,30)18-19-8-4-3-5-9-19)16-26(17-21-10-6-13-31-21)23(28)22-11-7-14-32-22/h2-5,7-9,11,14-15,21H,1,6,10,12-13,16-18H2. The number of hydrogen-bond donors (Lipinski definition) is 0. The number of ether oxygens (including phenoxy) is 1. The fourth-order valence-electron chi connectivity index (χ4n) is 3.95. The maximum Gasteiger partial charge on any atom is 0.264 e. The predicted molar refractivity (Wildman–Crippen MR) is 128 cm³/mol. The van der Waals surface area contributed by atoms with Gasteiger partial charge in [-0.1, -0.05) is 42.5 Å². The van der Waals surface area contributed by atoms with Crippen molar-refractivity contribution in [3.05, 3.63) is 82.8 Å². The van der Waals surface area contributed by atoms with Crippen molar-refractivity contribution in [2.75, 3.05) is 13.2 Å². The van der Waals surface area contributed by atoms with E-state index in [1.807, 2.05) is 29.6 Å². The predicted octanol–water partition coefficient (Wildman–Crippen LogP) is 3.93. The summed E-state index contributed by atoms with van der Waals surface area (Å²) in [7, 11) is -3.69. The van der Waals surface area contributed by atoms with Gasteiger partial charge in [0.25, 0.3) is 5.91 Å². The molecule has 0 spiro atoms. The molecule has 1 amide bonds. The third-order valence-corrected chi connectivity index (χ3v) is 7.96. The first-order valence-corrected chi connectivity index (χ1v) is 13.4. The lowest BCUT2D eigenvalue weighted by Crippen LogP contribution is -2.37. The molecular formula is C24H27N3O4S2. The largest absolute Gasteiger partial charge is 0.376 e. The van der Waals surface area contributed by atoms with Crippen LogP contribution in [0.3, 0.4) is 0 Å². The number of allylic oxidation sites excluding steroid dienone is 1. The van der Waals surface area contributed by atoms with Crippen LogP contribution >= 0.6 is 11.3 Å². The zero-order valence-corrected chi connectivity index (χ0v) is 19.9. The van der Waals surface area contributed by atoms with Crippen LogP contribution in [-0.2, 0) is 33.4 Å². The first-order chi connectivity index (χ1) is 16.0. The van der Waals surface area contributed by atoms with Crippen LogP contribution in [0.5, 0.6) is 0 Å². The topological polar surface area (TPSA) is 81.5 Å². The van der Waals surface area contributed by atoms with E-state index in [4.69, 9.17) is 4.74 Å². The van der Waals surface area contributed by atoms with Gasteiger partial charge in [0.15, 0.2) is 0 Å². The molecule has 0 N–H and O–H groups in total. The Kier molecular flexibility index (Phi) is 7.42. The number of rotatable bonds is 10. The molecule has 3 heterocycles. The Morgan fingerprint density at radius 3 is 2.76 bits per heavy atom. The van der Waals surface area contributed by atoms with Gasteiger partial charge >= 0.3 is 0 Å². The number of nitrogens with zero attached hydrogens (tertiary/aromatic N) is 3. The summed E-state index contributed by atoms with van der Waals surface area (Å²) >= 11 is 1.39. The Balaban J connectivity index is 1.62. The van der Waals surface area contributed by atoms with Gasteiger partial charge < -0.3 is 14.2 Å². The number of carbonyl (C=O) groups is 1. The summed E-state index contributed by atoms with van der Waals surface area (Å²) in [5.41, 5.74) is 1.34. The van der Waals surface area contributed by atoms with Crippen molar-refractivity contribution in [2.24, 2.45) is 0 Å². The number of thiophene rings is 1. The molecule has 0 bridgehead atoms. The highest BCUT2D eigenvalue weighted by Gasteiger charge is 2.28. The lowest BCUT2D eigenvalue weighted by atomic mass is 10.2. The monoisotopic (exact) mass is 485 g/mol. The summed E-state index contributed by atoms with van der Waals surface area (Å²) in [6.07, 6.45) is 5.04. The fraction of sp³-hybridized carbons (Fsp3) is 0.333. The van der Waals surface area contributed by atoms with Crippen LogP contribution in [0.1, 0.15) is 33.8 Å². The Morgan fingerprint density at radius 1 is 1.27 bits per heavy atom. The van der Waals surface area contributed by atoms with E-state index >= 15 is 0 Å². The highest BCUT2D eigenvalue weighted by atomic mass is 32.2. The van der Waals surface area contributed by atoms with Crippen molar-refractivity contribution >= 4 is 27.1 Å². The van der Waals surface area contributed by atoms with Crippen molar-refractivity contribution in [1.82, 2.24) is 14.5 Å². The van der Waals surface area contributed by atoms with Crippen LogP contribution in [0.4, 0.5) is 0 Å². The Labute approximate surface area is 198 Å². The summed E-state index contributed by atoms with van der Waals surface area (Å²) in [5.74, 6) is -0.240. The summed E-state index contributed by atoms with van der Waals surface area (Å²) in [6, 6.07) is 12.7. The van der Waals surface area contributed by atoms with Crippen LogP contribution in [0.2, 0.25) is 0 Å².